The second kappa shape index (κ2) is 8.28. The third kappa shape index (κ3) is 3.16. The van der Waals surface area contributed by atoms with E-state index in [1.54, 1.807) is 47.2 Å². The maximum Gasteiger partial charge on any atom is 0.224 e. The van der Waals surface area contributed by atoms with Crippen LogP contribution in [0.15, 0.2) is 60.9 Å². The maximum atomic E-state index is 14.1. The zero-order valence-electron chi connectivity index (χ0n) is 19.9. The molecule has 7 rings (SSSR count). The number of aliphatic hydroxyl groups is 2. The molecule has 2 N–H and O–H groups in total. The number of para-hydroxylation sites is 2. The van der Waals surface area contributed by atoms with Gasteiger partial charge < -0.3 is 24.7 Å². The average Bonchev–Trinajstić information content (AvgIpc) is 3.63. The number of pyridine rings is 1. The quantitative estimate of drug-likeness (QED) is 0.267. The molecule has 190 valence electrons. The van der Waals surface area contributed by atoms with Crippen molar-refractivity contribution >= 4 is 33.4 Å². The van der Waals surface area contributed by atoms with Crippen molar-refractivity contribution in [3.8, 4) is 0 Å². The fourth-order valence-electron chi connectivity index (χ4n) is 5.61. The average molecular weight is 511 g/mol. The lowest BCUT2D eigenvalue weighted by atomic mass is 9.85. The number of carbonyl (C=O) groups excluding carboxylic acids is 2. The molecule has 4 heterocycles. The van der Waals surface area contributed by atoms with Gasteiger partial charge in [0.1, 0.15) is 17.5 Å². The monoisotopic (exact) mass is 511 g/mol. The number of ketones is 2. The number of aromatic nitrogens is 5. The summed E-state index contributed by atoms with van der Waals surface area (Å²) in [5.41, 5.74) is 2.28. The van der Waals surface area contributed by atoms with Crippen LogP contribution in [-0.2, 0) is 11.3 Å². The number of ether oxygens (including phenoxy) is 1. The minimum absolute atomic E-state index is 0.0837. The van der Waals surface area contributed by atoms with E-state index in [1.807, 2.05) is 12.1 Å². The lowest BCUT2D eigenvalue weighted by Gasteiger charge is -2.18. The van der Waals surface area contributed by atoms with Gasteiger partial charge in [0.2, 0.25) is 17.1 Å². The second-order valence-corrected chi connectivity index (χ2v) is 9.55. The van der Waals surface area contributed by atoms with Crippen LogP contribution in [0.3, 0.4) is 0 Å². The Balaban J connectivity index is 1.36. The van der Waals surface area contributed by atoms with Crippen LogP contribution >= 0.6 is 0 Å². The van der Waals surface area contributed by atoms with Crippen LogP contribution in [0.2, 0.25) is 0 Å². The van der Waals surface area contributed by atoms with Crippen LogP contribution in [0, 0.1) is 5.21 Å². The van der Waals surface area contributed by atoms with Crippen LogP contribution < -0.4 is 4.73 Å². The molecule has 1 aliphatic carbocycles. The summed E-state index contributed by atoms with van der Waals surface area (Å²) in [7, 11) is 0. The Bertz CT molecular complexity index is 1790. The highest BCUT2D eigenvalue weighted by Crippen LogP contribution is 2.37. The Morgan fingerprint density at radius 1 is 1.05 bits per heavy atom. The van der Waals surface area contributed by atoms with E-state index in [-0.39, 0.29) is 53.5 Å². The number of hydrogen-bond donors (Lipinski definition) is 2. The van der Waals surface area contributed by atoms with Gasteiger partial charge in [-0.3, -0.25) is 9.59 Å². The van der Waals surface area contributed by atoms with Crippen molar-refractivity contribution in [1.82, 2.24) is 19.6 Å². The Kier molecular flexibility index (Phi) is 4.95. The number of benzene rings is 2. The second-order valence-electron chi connectivity index (χ2n) is 9.55. The first-order valence-electron chi connectivity index (χ1n) is 12.2. The zero-order valence-corrected chi connectivity index (χ0v) is 19.9. The van der Waals surface area contributed by atoms with E-state index in [0.29, 0.717) is 32.2 Å². The molecule has 0 spiro atoms. The number of rotatable bonds is 4. The molecule has 0 radical (unpaired) electrons. The van der Waals surface area contributed by atoms with Crippen LogP contribution in [0.5, 0.6) is 0 Å². The molecule has 38 heavy (non-hydrogen) atoms. The van der Waals surface area contributed by atoms with E-state index in [1.165, 1.54) is 10.9 Å². The minimum Gasteiger partial charge on any atom is -0.618 e. The first-order valence-corrected chi connectivity index (χ1v) is 12.2. The standard InChI is InChI=1S/C27H21N5O6/c33-13-21-20(34)9-22(38-21)31-11-14(28-29-31)10-30-18-7-3-1-5-15(18)24-25(30)27(36)23-16-6-2-4-8-19(16)32(37)12-17(23)26(24)35/h1-8,11-12,20-22,33-34H,9-10,13H2/t20-,21+,22+/m0/s1. The summed E-state index contributed by atoms with van der Waals surface area (Å²) in [6.45, 7) is -0.158. The van der Waals surface area contributed by atoms with E-state index < -0.39 is 18.4 Å². The van der Waals surface area contributed by atoms with E-state index in [2.05, 4.69) is 10.3 Å². The van der Waals surface area contributed by atoms with Crippen molar-refractivity contribution in [2.45, 2.75) is 31.4 Å². The van der Waals surface area contributed by atoms with Crippen LogP contribution in [0.25, 0.3) is 21.8 Å². The van der Waals surface area contributed by atoms with Crippen LogP contribution in [0.1, 0.15) is 50.3 Å². The van der Waals surface area contributed by atoms with Gasteiger partial charge in [0.25, 0.3) is 0 Å². The Hall–Kier alpha value is -4.45. The number of carbonyl (C=O) groups is 2. The van der Waals surface area contributed by atoms with Gasteiger partial charge in [-0.1, -0.05) is 35.5 Å². The molecule has 2 aliphatic rings. The summed E-state index contributed by atoms with van der Waals surface area (Å²) in [6.07, 6.45) is 1.01. The predicted octanol–water partition coefficient (Wildman–Crippen LogP) is 1.48. The zero-order chi connectivity index (χ0) is 26.1. The molecule has 1 fully saturated rings. The largest absolute Gasteiger partial charge is 0.618 e. The first-order chi connectivity index (χ1) is 18.5. The van der Waals surface area contributed by atoms with Crippen LogP contribution in [-0.4, -0.2) is 60.2 Å². The Morgan fingerprint density at radius 2 is 1.82 bits per heavy atom. The van der Waals surface area contributed by atoms with Crippen molar-refractivity contribution in [2.75, 3.05) is 6.61 Å². The van der Waals surface area contributed by atoms with Crippen LogP contribution in [0.4, 0.5) is 0 Å². The van der Waals surface area contributed by atoms with Gasteiger partial charge in [-0.2, -0.15) is 4.73 Å². The highest BCUT2D eigenvalue weighted by molar-refractivity contribution is 6.34. The normalized spacial score (nSPS) is 20.8. The van der Waals surface area contributed by atoms with E-state index in [0.717, 1.165) is 0 Å². The van der Waals surface area contributed by atoms with Crippen molar-refractivity contribution in [1.29, 1.82) is 0 Å². The predicted molar refractivity (Wildman–Crippen MR) is 132 cm³/mol. The number of nitrogens with zero attached hydrogens (tertiary/aromatic N) is 5. The minimum atomic E-state index is -0.815. The lowest BCUT2D eigenvalue weighted by Crippen LogP contribution is -2.33. The van der Waals surface area contributed by atoms with Gasteiger partial charge in [-0.15, -0.1) is 5.10 Å². The summed E-state index contributed by atoms with van der Waals surface area (Å²) in [6, 6.07) is 14.0. The van der Waals surface area contributed by atoms with Crippen molar-refractivity contribution in [2.24, 2.45) is 0 Å². The van der Waals surface area contributed by atoms with Gasteiger partial charge in [0, 0.05) is 23.4 Å². The highest BCUT2D eigenvalue weighted by Gasteiger charge is 2.39. The molecule has 2 aromatic carbocycles. The number of hydrogen-bond acceptors (Lipinski definition) is 8. The summed E-state index contributed by atoms with van der Waals surface area (Å²) in [5, 5.41) is 41.5. The van der Waals surface area contributed by atoms with Crippen molar-refractivity contribution < 1.29 is 29.3 Å². The number of aliphatic hydroxyl groups excluding tert-OH is 2. The third-order valence-corrected chi connectivity index (χ3v) is 7.37. The SMILES string of the molecule is O=C1c2c[n+]([O-])c3ccccc3c2C(=O)c2c1c1ccccc1n2Cc1cn([C@H]2C[C@H](O)[C@@H](CO)O2)nn1. The Morgan fingerprint density at radius 3 is 2.61 bits per heavy atom. The van der Waals surface area contributed by atoms with Gasteiger partial charge in [-0.25, -0.2) is 4.68 Å². The summed E-state index contributed by atoms with van der Waals surface area (Å²) in [4.78, 5) is 27.9. The lowest BCUT2D eigenvalue weighted by molar-refractivity contribution is -0.577. The molecule has 11 nitrogen and oxygen atoms in total. The molecule has 3 aromatic heterocycles. The van der Waals surface area contributed by atoms with Gasteiger partial charge in [-0.05, 0) is 12.1 Å². The summed E-state index contributed by atoms with van der Waals surface area (Å²) < 4.78 is 9.54. The molecule has 0 saturated carbocycles. The molecule has 11 heteroatoms. The fraction of sp³-hybridized carbons (Fsp3) is 0.222. The highest BCUT2D eigenvalue weighted by atomic mass is 16.5. The molecule has 5 aromatic rings. The fourth-order valence-corrected chi connectivity index (χ4v) is 5.61. The smallest absolute Gasteiger partial charge is 0.224 e. The van der Waals surface area contributed by atoms with Crippen molar-refractivity contribution in [3.63, 3.8) is 0 Å². The molecule has 1 aliphatic heterocycles. The maximum absolute atomic E-state index is 14.1. The van der Waals surface area contributed by atoms with E-state index in [9.17, 15) is 25.0 Å². The van der Waals surface area contributed by atoms with E-state index >= 15 is 0 Å². The summed E-state index contributed by atoms with van der Waals surface area (Å²) in [5.74, 6) is -0.727. The summed E-state index contributed by atoms with van der Waals surface area (Å²) >= 11 is 0. The Labute approximate surface area is 214 Å². The molecule has 3 atom stereocenters. The van der Waals surface area contributed by atoms with Gasteiger partial charge >= 0.3 is 0 Å². The first kappa shape index (κ1) is 22.7. The van der Waals surface area contributed by atoms with E-state index in [4.69, 9.17) is 4.74 Å². The number of fused-ring (bicyclic) bond motifs is 6. The molecule has 1 saturated heterocycles. The topological polar surface area (TPSA) is 146 Å². The molecular weight excluding hydrogens is 490 g/mol. The van der Waals surface area contributed by atoms with Gasteiger partial charge in [0.05, 0.1) is 47.5 Å². The molecule has 0 unspecified atom stereocenters. The molecular formula is C27H21N5O6. The molecule has 0 bridgehead atoms. The van der Waals surface area contributed by atoms with Crippen molar-refractivity contribution in [3.05, 3.63) is 94.2 Å². The third-order valence-electron chi connectivity index (χ3n) is 7.37. The molecule has 0 amide bonds. The van der Waals surface area contributed by atoms with Gasteiger partial charge in [0.15, 0.2) is 12.4 Å².